The van der Waals surface area contributed by atoms with Crippen LogP contribution in [0, 0.1) is 0 Å². The molecule has 0 bridgehead atoms. The highest BCUT2D eigenvalue weighted by atomic mass is 32.2. The van der Waals surface area contributed by atoms with Crippen molar-refractivity contribution in [3.63, 3.8) is 0 Å². The van der Waals surface area contributed by atoms with E-state index in [4.69, 9.17) is 0 Å². The zero-order valence-corrected chi connectivity index (χ0v) is 14.7. The Labute approximate surface area is 122 Å². The van der Waals surface area contributed by atoms with Gasteiger partial charge in [-0.3, -0.25) is 0 Å². The van der Waals surface area contributed by atoms with Crippen molar-refractivity contribution >= 4 is 11.8 Å². The largest absolute Gasteiger partial charge is 0.155 e. The van der Waals surface area contributed by atoms with Crippen LogP contribution in [0.5, 0.6) is 0 Å². The summed E-state index contributed by atoms with van der Waals surface area (Å²) in [6.07, 6.45) is 13.1. The van der Waals surface area contributed by atoms with Crippen LogP contribution in [0.2, 0.25) is 0 Å². The summed E-state index contributed by atoms with van der Waals surface area (Å²) in [7, 11) is 0. The fourth-order valence-electron chi connectivity index (χ4n) is 2.40. The molecule has 0 aromatic heterocycles. The van der Waals surface area contributed by atoms with E-state index in [0.717, 1.165) is 10.5 Å². The van der Waals surface area contributed by atoms with Crippen molar-refractivity contribution in [2.75, 3.05) is 0 Å². The molecule has 0 aromatic carbocycles. The Morgan fingerprint density at radius 3 is 1.67 bits per heavy atom. The monoisotopic (exact) mass is 274 g/mol. The van der Waals surface area contributed by atoms with E-state index in [9.17, 15) is 0 Å². The van der Waals surface area contributed by atoms with Crippen LogP contribution in [-0.4, -0.2) is 10.5 Å². The average Bonchev–Trinajstić information content (AvgIpc) is 2.45. The molecule has 0 heterocycles. The van der Waals surface area contributed by atoms with Gasteiger partial charge in [-0.25, -0.2) is 0 Å². The lowest BCUT2D eigenvalue weighted by atomic mass is 10.0. The second-order valence-electron chi connectivity index (χ2n) is 4.60. The van der Waals surface area contributed by atoms with Gasteiger partial charge in [0.2, 0.25) is 0 Å². The normalized spacial score (nSPS) is 15.5. The highest BCUT2D eigenvalue weighted by Crippen LogP contribution is 2.34. The van der Waals surface area contributed by atoms with Gasteiger partial charge in [0, 0.05) is 10.5 Å². The van der Waals surface area contributed by atoms with Gasteiger partial charge in [0.05, 0.1) is 0 Å². The Balaban J connectivity index is 0. The summed E-state index contributed by atoms with van der Waals surface area (Å²) >= 11 is 2.31. The predicted molar refractivity (Wildman–Crippen MR) is 90.8 cm³/mol. The molecule has 1 aliphatic rings. The quantitative estimate of drug-likeness (QED) is 0.499. The molecule has 0 aliphatic heterocycles. The lowest BCUT2D eigenvalue weighted by Gasteiger charge is -2.25. The first-order valence-corrected chi connectivity index (χ1v) is 9.46. The van der Waals surface area contributed by atoms with Crippen LogP contribution in [0.15, 0.2) is 0 Å². The van der Waals surface area contributed by atoms with E-state index >= 15 is 0 Å². The summed E-state index contributed by atoms with van der Waals surface area (Å²) in [6, 6.07) is 0. The van der Waals surface area contributed by atoms with Crippen LogP contribution < -0.4 is 0 Å². The lowest BCUT2D eigenvalue weighted by molar-refractivity contribution is 0.512. The maximum Gasteiger partial charge on any atom is 0.00498 e. The summed E-state index contributed by atoms with van der Waals surface area (Å²) in [5.74, 6) is 0. The Morgan fingerprint density at radius 2 is 1.28 bits per heavy atom. The molecule has 0 radical (unpaired) electrons. The molecule has 0 amide bonds. The molecule has 0 nitrogen and oxygen atoms in total. The average molecular weight is 275 g/mol. The van der Waals surface area contributed by atoms with E-state index in [1.54, 1.807) is 0 Å². The van der Waals surface area contributed by atoms with Gasteiger partial charge in [0.25, 0.3) is 0 Å². The molecule has 18 heavy (non-hydrogen) atoms. The van der Waals surface area contributed by atoms with Crippen molar-refractivity contribution in [1.82, 2.24) is 0 Å². The van der Waals surface area contributed by atoms with Crippen LogP contribution in [0.3, 0.4) is 0 Å². The molecule has 1 saturated carbocycles. The standard InChI is InChI=1S/C13H26S.2C2H6/c1-3-8-12(9-4-2)14-13-10-6-5-7-11-13;2*1-2/h12-13H,3-11H2,1-2H3;2*1-2H3. The minimum Gasteiger partial charge on any atom is -0.155 e. The molecule has 1 heteroatoms. The first kappa shape index (κ1) is 20.7. The van der Waals surface area contributed by atoms with Gasteiger partial charge in [-0.2, -0.15) is 11.8 Å². The van der Waals surface area contributed by atoms with Crippen molar-refractivity contribution in [2.24, 2.45) is 0 Å². The third-order valence-electron chi connectivity index (χ3n) is 3.16. The van der Waals surface area contributed by atoms with Gasteiger partial charge in [-0.05, 0) is 25.7 Å². The molecule has 0 atom stereocenters. The van der Waals surface area contributed by atoms with E-state index in [1.807, 2.05) is 27.7 Å². The van der Waals surface area contributed by atoms with Crippen molar-refractivity contribution in [3.05, 3.63) is 0 Å². The number of rotatable bonds is 6. The van der Waals surface area contributed by atoms with Crippen molar-refractivity contribution < 1.29 is 0 Å². The molecule has 0 saturated heterocycles. The molecule has 0 spiro atoms. The molecule has 0 N–H and O–H groups in total. The van der Waals surface area contributed by atoms with E-state index < -0.39 is 0 Å². The summed E-state index contributed by atoms with van der Waals surface area (Å²) in [5.41, 5.74) is 0. The van der Waals surface area contributed by atoms with Crippen LogP contribution in [0.1, 0.15) is 99.3 Å². The Bertz CT molecular complexity index is 122. The first-order valence-electron chi connectivity index (χ1n) is 8.52. The van der Waals surface area contributed by atoms with Gasteiger partial charge in [0.1, 0.15) is 0 Å². The van der Waals surface area contributed by atoms with E-state index in [1.165, 1.54) is 57.8 Å². The van der Waals surface area contributed by atoms with Crippen LogP contribution in [0.25, 0.3) is 0 Å². The summed E-state index contributed by atoms with van der Waals surface area (Å²) in [6.45, 7) is 12.6. The molecular weight excluding hydrogens is 236 g/mol. The summed E-state index contributed by atoms with van der Waals surface area (Å²) in [4.78, 5) is 0. The summed E-state index contributed by atoms with van der Waals surface area (Å²) < 4.78 is 0. The second kappa shape index (κ2) is 17.4. The number of thioether (sulfide) groups is 1. The minimum atomic E-state index is 0.966. The van der Waals surface area contributed by atoms with Gasteiger partial charge < -0.3 is 0 Å². The predicted octanol–water partition coefficient (Wildman–Crippen LogP) is 7.07. The molecule has 1 aliphatic carbocycles. The van der Waals surface area contributed by atoms with Gasteiger partial charge in [0.15, 0.2) is 0 Å². The Morgan fingerprint density at radius 1 is 0.833 bits per heavy atom. The molecule has 1 fully saturated rings. The number of hydrogen-bond acceptors (Lipinski definition) is 1. The van der Waals surface area contributed by atoms with Crippen molar-refractivity contribution in [2.45, 2.75) is 110 Å². The van der Waals surface area contributed by atoms with Crippen molar-refractivity contribution in [3.8, 4) is 0 Å². The van der Waals surface area contributed by atoms with Gasteiger partial charge in [-0.15, -0.1) is 0 Å². The van der Waals surface area contributed by atoms with E-state index in [0.29, 0.717) is 0 Å². The molecule has 0 aromatic rings. The van der Waals surface area contributed by atoms with Crippen LogP contribution in [0.4, 0.5) is 0 Å². The zero-order chi connectivity index (χ0) is 14.2. The minimum absolute atomic E-state index is 0.966. The highest BCUT2D eigenvalue weighted by molar-refractivity contribution is 8.00. The topological polar surface area (TPSA) is 0 Å². The SMILES string of the molecule is CC.CC.CCCC(CCC)SC1CCCCC1. The Kier molecular flexibility index (Phi) is 19.9. The zero-order valence-electron chi connectivity index (χ0n) is 13.9. The van der Waals surface area contributed by atoms with E-state index in [2.05, 4.69) is 25.6 Å². The van der Waals surface area contributed by atoms with Gasteiger partial charge >= 0.3 is 0 Å². The second-order valence-corrected chi connectivity index (χ2v) is 6.20. The van der Waals surface area contributed by atoms with Crippen LogP contribution >= 0.6 is 11.8 Å². The maximum absolute atomic E-state index is 2.32. The smallest absolute Gasteiger partial charge is 0.00498 e. The maximum atomic E-state index is 2.32. The third-order valence-corrected chi connectivity index (χ3v) is 4.87. The third kappa shape index (κ3) is 11.4. The van der Waals surface area contributed by atoms with E-state index in [-0.39, 0.29) is 0 Å². The van der Waals surface area contributed by atoms with Crippen molar-refractivity contribution in [1.29, 1.82) is 0 Å². The van der Waals surface area contributed by atoms with Crippen LogP contribution in [-0.2, 0) is 0 Å². The fourth-order valence-corrected chi connectivity index (χ4v) is 4.29. The highest BCUT2D eigenvalue weighted by Gasteiger charge is 2.18. The molecular formula is C17H38S. The molecule has 0 unspecified atom stereocenters. The molecule has 1 rings (SSSR count). The first-order chi connectivity index (χ1) is 8.86. The van der Waals surface area contributed by atoms with Gasteiger partial charge in [-0.1, -0.05) is 73.6 Å². The fraction of sp³-hybridized carbons (Fsp3) is 1.00. The number of hydrogen-bond donors (Lipinski definition) is 0. The molecule has 112 valence electrons. The lowest BCUT2D eigenvalue weighted by Crippen LogP contribution is -2.14. The summed E-state index contributed by atoms with van der Waals surface area (Å²) in [5, 5.41) is 1.97. The Hall–Kier alpha value is 0.350.